The van der Waals surface area contributed by atoms with Crippen molar-refractivity contribution >= 4 is 6.21 Å². The van der Waals surface area contributed by atoms with Crippen LogP contribution in [0, 0.1) is 6.92 Å². The molecule has 0 rings (SSSR count). The van der Waals surface area contributed by atoms with Crippen LogP contribution in [-0.2, 0) is 17.4 Å². The van der Waals surface area contributed by atoms with Crippen LogP contribution in [0.25, 0.3) is 0 Å². The van der Waals surface area contributed by atoms with E-state index in [0.29, 0.717) is 0 Å². The van der Waals surface area contributed by atoms with E-state index in [1.54, 1.807) is 0 Å². The van der Waals surface area contributed by atoms with Gasteiger partial charge in [0.05, 0.1) is 0 Å². The van der Waals surface area contributed by atoms with Crippen molar-refractivity contribution in [2.75, 3.05) is 6.54 Å². The first-order chi connectivity index (χ1) is 3.41. The van der Waals surface area contributed by atoms with E-state index in [1.165, 1.54) is 0 Å². The van der Waals surface area contributed by atoms with E-state index in [2.05, 4.69) is 18.8 Å². The number of rotatable bonds is 3. The molecule has 1 nitrogen and oxygen atoms in total. The molecule has 8 heavy (non-hydrogen) atoms. The van der Waals surface area contributed by atoms with Gasteiger partial charge in [0.1, 0.15) is 0 Å². The van der Waals surface area contributed by atoms with Crippen LogP contribution in [0.1, 0.15) is 19.8 Å². The van der Waals surface area contributed by atoms with Gasteiger partial charge in [0.15, 0.2) is 0 Å². The number of hydrogen-bond donors (Lipinski definition) is 0. The zero-order valence-corrected chi connectivity index (χ0v) is 6.54. The van der Waals surface area contributed by atoms with Crippen molar-refractivity contribution in [1.82, 2.24) is 0 Å². The maximum atomic E-state index is 4.02. The zero-order valence-electron chi connectivity index (χ0n) is 5.26. The van der Waals surface area contributed by atoms with Crippen molar-refractivity contribution in [2.24, 2.45) is 4.99 Å². The molecule has 0 amide bonds. The Balaban J connectivity index is 0. The third-order valence-corrected chi connectivity index (χ3v) is 0.599. The van der Waals surface area contributed by atoms with E-state index < -0.39 is 0 Å². The second-order valence-electron chi connectivity index (χ2n) is 1.35. The fraction of sp³-hybridized carbons (Fsp3) is 0.667. The van der Waals surface area contributed by atoms with Gasteiger partial charge in [-0.1, -0.05) is 6.92 Å². The molecule has 0 saturated carbocycles. The Morgan fingerprint density at radius 1 is 1.62 bits per heavy atom. The first-order valence-corrected chi connectivity index (χ1v) is 2.69. The molecule has 0 aliphatic rings. The number of hydrogen-bond acceptors (Lipinski definition) is 1. The molecule has 2 heteroatoms. The Hall–Kier alpha value is 0.202. The van der Waals surface area contributed by atoms with Crippen LogP contribution in [0.4, 0.5) is 0 Å². The molecule has 0 bridgehead atoms. The van der Waals surface area contributed by atoms with Crippen LogP contribution in [0.2, 0.25) is 0 Å². The maximum Gasteiger partial charge on any atom is 0.0113 e. The molecule has 48 valence electrons. The van der Waals surface area contributed by atoms with Crippen molar-refractivity contribution in [3.05, 3.63) is 6.92 Å². The summed E-state index contributed by atoms with van der Waals surface area (Å²) in [6, 6.07) is 0. The average Bonchev–Trinajstić information content (AvgIpc) is 1.69. The molecule has 0 saturated heterocycles. The Morgan fingerprint density at radius 2 is 2.25 bits per heavy atom. The topological polar surface area (TPSA) is 12.4 Å². The van der Waals surface area contributed by atoms with E-state index >= 15 is 0 Å². The monoisotopic (exact) mass is 150 g/mol. The summed E-state index contributed by atoms with van der Waals surface area (Å²) in [5, 5.41) is 0. The van der Waals surface area contributed by atoms with Gasteiger partial charge < -0.3 is 11.9 Å². The summed E-state index contributed by atoms with van der Waals surface area (Å²) in [4.78, 5) is 4.02. The van der Waals surface area contributed by atoms with Crippen molar-refractivity contribution in [1.29, 1.82) is 0 Å². The first kappa shape index (κ1) is 11.1. The average molecular weight is 150 g/mol. The summed E-state index contributed by atoms with van der Waals surface area (Å²) >= 11 is 0. The molecule has 0 N–H and O–H groups in total. The molecular formula is C6H12CrN-. The number of aliphatic imine (C=N–C) groups is 1. The fourth-order valence-corrected chi connectivity index (χ4v) is 0.312. The summed E-state index contributed by atoms with van der Waals surface area (Å²) in [6.45, 7) is 6.60. The van der Waals surface area contributed by atoms with Crippen molar-refractivity contribution in [3.8, 4) is 0 Å². The quantitative estimate of drug-likeness (QED) is 0.429. The smallest absolute Gasteiger partial charge is 0.0113 e. The van der Waals surface area contributed by atoms with Crippen molar-refractivity contribution in [2.45, 2.75) is 19.8 Å². The largest absolute Gasteiger partial charge is 0.342 e. The van der Waals surface area contributed by atoms with Gasteiger partial charge in [0, 0.05) is 23.9 Å². The van der Waals surface area contributed by atoms with Gasteiger partial charge in [-0.15, -0.1) is 0 Å². The Labute approximate surface area is 62.3 Å². The Kier molecular flexibility index (Phi) is 14.2. The predicted molar refractivity (Wildman–Crippen MR) is 33.6 cm³/mol. The van der Waals surface area contributed by atoms with Gasteiger partial charge in [-0.2, -0.15) is 6.42 Å². The molecule has 0 spiro atoms. The minimum Gasteiger partial charge on any atom is -0.342 e. The van der Waals surface area contributed by atoms with Gasteiger partial charge in [-0.25, -0.2) is 0 Å². The van der Waals surface area contributed by atoms with Crippen LogP contribution in [0.3, 0.4) is 0 Å². The third-order valence-electron chi connectivity index (χ3n) is 0.599. The van der Waals surface area contributed by atoms with E-state index in [-0.39, 0.29) is 17.4 Å². The third kappa shape index (κ3) is 9.51. The van der Waals surface area contributed by atoms with Gasteiger partial charge >= 0.3 is 0 Å². The zero-order chi connectivity index (χ0) is 5.54. The summed E-state index contributed by atoms with van der Waals surface area (Å²) in [6.07, 6.45) is 3.88. The van der Waals surface area contributed by atoms with E-state index in [9.17, 15) is 0 Å². The summed E-state index contributed by atoms with van der Waals surface area (Å²) in [5.41, 5.74) is 0. The predicted octanol–water partition coefficient (Wildman–Crippen LogP) is 1.69. The molecule has 0 aromatic heterocycles. The molecule has 0 aliphatic carbocycles. The molecule has 0 atom stereocenters. The van der Waals surface area contributed by atoms with Gasteiger partial charge in [0.2, 0.25) is 0 Å². The van der Waals surface area contributed by atoms with Gasteiger partial charge in [-0.05, 0) is 12.6 Å². The minimum absolute atomic E-state index is 0. The number of nitrogens with zero attached hydrogens (tertiary/aromatic N) is 1. The van der Waals surface area contributed by atoms with Crippen LogP contribution < -0.4 is 0 Å². The molecule has 0 radical (unpaired) electrons. The molecule has 0 fully saturated rings. The van der Waals surface area contributed by atoms with Gasteiger partial charge in [-0.3, -0.25) is 0 Å². The summed E-state index contributed by atoms with van der Waals surface area (Å²) in [7, 11) is 0. The fourth-order valence-electron chi connectivity index (χ4n) is 0.312. The first-order valence-electron chi connectivity index (χ1n) is 2.69. The van der Waals surface area contributed by atoms with E-state index in [4.69, 9.17) is 0 Å². The van der Waals surface area contributed by atoms with E-state index in [1.807, 2.05) is 6.21 Å². The molecule has 0 aromatic rings. The van der Waals surface area contributed by atoms with Crippen LogP contribution >= 0.6 is 0 Å². The Morgan fingerprint density at radius 3 is 2.62 bits per heavy atom. The molecule has 0 unspecified atom stereocenters. The molecular weight excluding hydrogens is 138 g/mol. The summed E-state index contributed by atoms with van der Waals surface area (Å²) < 4.78 is 0. The standard InChI is InChI=1S/C6H12N.Cr/c1-3-5-7-6-4-2;/h6H,1,3-5H2,2H3;/q-1;. The van der Waals surface area contributed by atoms with Crippen LogP contribution in [-0.4, -0.2) is 12.8 Å². The SMILES string of the molecule is [CH2-]CCN=CCC.[Cr]. The van der Waals surface area contributed by atoms with Crippen LogP contribution in [0.5, 0.6) is 0 Å². The second-order valence-corrected chi connectivity index (χ2v) is 1.35. The van der Waals surface area contributed by atoms with Gasteiger partial charge in [0.25, 0.3) is 0 Å². The Bertz CT molecular complexity index is 52.5. The van der Waals surface area contributed by atoms with E-state index in [0.717, 1.165) is 19.4 Å². The van der Waals surface area contributed by atoms with Crippen molar-refractivity contribution < 1.29 is 17.4 Å². The molecule has 0 aromatic carbocycles. The molecule has 0 aliphatic heterocycles. The second kappa shape index (κ2) is 10.2. The van der Waals surface area contributed by atoms with Crippen LogP contribution in [0.15, 0.2) is 4.99 Å². The summed E-state index contributed by atoms with van der Waals surface area (Å²) in [5.74, 6) is 0. The molecule has 0 heterocycles. The normalized spacial score (nSPS) is 9.25. The maximum absolute atomic E-state index is 4.02. The van der Waals surface area contributed by atoms with Crippen molar-refractivity contribution in [3.63, 3.8) is 0 Å². The minimum atomic E-state index is 0.